The molecule has 0 bridgehead atoms. The molecular weight excluding hydrogens is 448 g/mol. The minimum atomic E-state index is -0.00567. The lowest BCUT2D eigenvalue weighted by atomic mass is 9.78. The molecule has 2 aliphatic heterocycles. The van der Waals surface area contributed by atoms with Crippen LogP contribution in [0.25, 0.3) is 0 Å². The van der Waals surface area contributed by atoms with Crippen molar-refractivity contribution in [3.63, 3.8) is 0 Å². The van der Waals surface area contributed by atoms with E-state index in [0.29, 0.717) is 24.3 Å². The average molecular weight is 507 g/mol. The SMILES string of the molecule is CC1(C)CC(NNC2CC(C)(C)N(OC3CCCCC3)C(C)(C)C2)CC(C)(C)N1OC1CCCCC1. The molecule has 0 aromatic carbocycles. The Morgan fingerprint density at radius 1 is 0.472 bits per heavy atom. The zero-order valence-corrected chi connectivity index (χ0v) is 24.9. The number of nitrogens with zero attached hydrogens (tertiary/aromatic N) is 2. The maximum absolute atomic E-state index is 6.70. The zero-order valence-electron chi connectivity index (χ0n) is 24.9. The molecule has 0 atom stereocenters. The largest absolute Gasteiger partial charge is 0.295 e. The van der Waals surface area contributed by atoms with Gasteiger partial charge in [0.25, 0.3) is 0 Å². The molecule has 0 aromatic rings. The molecule has 6 heteroatoms. The van der Waals surface area contributed by atoms with E-state index in [9.17, 15) is 0 Å². The van der Waals surface area contributed by atoms with Crippen molar-refractivity contribution in [2.24, 2.45) is 0 Å². The Hall–Kier alpha value is -0.240. The Morgan fingerprint density at radius 2 is 0.750 bits per heavy atom. The number of hydrazine groups is 1. The standard InChI is InChI=1S/C30H58N4O2/c1-27(2)19-23(20-28(3,4)33(27)35-25-15-11-9-12-16-25)31-32-24-21-29(5,6)34(30(7,8)22-24)36-26-17-13-10-14-18-26/h23-26,31-32H,9-22H2,1-8H3. The van der Waals surface area contributed by atoms with E-state index in [1.54, 1.807) is 0 Å². The van der Waals surface area contributed by atoms with E-state index in [1.165, 1.54) is 64.2 Å². The molecule has 210 valence electrons. The summed E-state index contributed by atoms with van der Waals surface area (Å²) in [5.41, 5.74) is 7.59. The lowest BCUT2D eigenvalue weighted by molar-refractivity contribution is -0.313. The Bertz CT molecular complexity index is 614. The highest BCUT2D eigenvalue weighted by atomic mass is 16.7. The van der Waals surface area contributed by atoms with Gasteiger partial charge in [0, 0.05) is 34.2 Å². The lowest BCUT2D eigenvalue weighted by Gasteiger charge is -2.56. The smallest absolute Gasteiger partial charge is 0.0793 e. The number of hydrogen-bond acceptors (Lipinski definition) is 6. The van der Waals surface area contributed by atoms with Gasteiger partial charge < -0.3 is 0 Å². The van der Waals surface area contributed by atoms with Gasteiger partial charge in [-0.3, -0.25) is 20.5 Å². The van der Waals surface area contributed by atoms with Gasteiger partial charge >= 0.3 is 0 Å². The molecule has 0 amide bonds. The third kappa shape index (κ3) is 6.84. The van der Waals surface area contributed by atoms with Gasteiger partial charge in [-0.1, -0.05) is 38.5 Å². The fraction of sp³-hybridized carbons (Fsp3) is 1.00. The van der Waals surface area contributed by atoms with Crippen molar-refractivity contribution in [2.75, 3.05) is 0 Å². The van der Waals surface area contributed by atoms with Crippen LogP contribution < -0.4 is 10.9 Å². The molecule has 6 nitrogen and oxygen atoms in total. The summed E-state index contributed by atoms with van der Waals surface area (Å²) in [5, 5.41) is 4.73. The average Bonchev–Trinajstić information content (AvgIpc) is 2.78. The Labute approximate surface area is 222 Å². The Morgan fingerprint density at radius 3 is 1.03 bits per heavy atom. The number of hydroxylamine groups is 4. The lowest BCUT2D eigenvalue weighted by Crippen LogP contribution is -2.68. The first-order valence-electron chi connectivity index (χ1n) is 15.2. The first-order chi connectivity index (χ1) is 16.8. The minimum Gasteiger partial charge on any atom is -0.295 e. The summed E-state index contributed by atoms with van der Waals surface area (Å²) in [7, 11) is 0. The summed E-state index contributed by atoms with van der Waals surface area (Å²) in [6.45, 7) is 18.9. The summed E-state index contributed by atoms with van der Waals surface area (Å²) >= 11 is 0. The van der Waals surface area contributed by atoms with Gasteiger partial charge in [0.2, 0.25) is 0 Å². The summed E-state index contributed by atoms with van der Waals surface area (Å²) in [4.78, 5) is 13.4. The van der Waals surface area contributed by atoms with E-state index >= 15 is 0 Å². The summed E-state index contributed by atoms with van der Waals surface area (Å²) in [6.07, 6.45) is 17.9. The highest BCUT2D eigenvalue weighted by Gasteiger charge is 2.49. The van der Waals surface area contributed by atoms with Crippen LogP contribution in [0.2, 0.25) is 0 Å². The monoisotopic (exact) mass is 506 g/mol. The second-order valence-corrected chi connectivity index (χ2v) is 15.1. The molecule has 4 fully saturated rings. The van der Waals surface area contributed by atoms with Gasteiger partial charge in [0.1, 0.15) is 0 Å². The Balaban J connectivity index is 1.33. The normalized spacial score (nSPS) is 31.0. The molecule has 0 radical (unpaired) electrons. The number of piperidine rings is 2. The van der Waals surface area contributed by atoms with Gasteiger partial charge in [-0.25, -0.2) is 0 Å². The topological polar surface area (TPSA) is 49.0 Å². The van der Waals surface area contributed by atoms with Crippen LogP contribution in [0.15, 0.2) is 0 Å². The molecule has 4 rings (SSSR count). The van der Waals surface area contributed by atoms with Gasteiger partial charge in [-0.15, -0.1) is 0 Å². The number of hydrogen-bond donors (Lipinski definition) is 2. The molecular formula is C30H58N4O2. The van der Waals surface area contributed by atoms with Crippen molar-refractivity contribution < 1.29 is 9.68 Å². The van der Waals surface area contributed by atoms with Crippen LogP contribution in [0.4, 0.5) is 0 Å². The quantitative estimate of drug-likeness (QED) is 0.377. The second kappa shape index (κ2) is 11.1. The molecule has 2 saturated carbocycles. The van der Waals surface area contributed by atoms with E-state index in [4.69, 9.17) is 9.68 Å². The third-order valence-corrected chi connectivity index (χ3v) is 9.29. The van der Waals surface area contributed by atoms with E-state index < -0.39 is 0 Å². The molecule has 36 heavy (non-hydrogen) atoms. The van der Waals surface area contributed by atoms with E-state index in [2.05, 4.69) is 76.4 Å². The fourth-order valence-corrected chi connectivity index (χ4v) is 8.18. The predicted octanol–water partition coefficient (Wildman–Crippen LogP) is 6.65. The van der Waals surface area contributed by atoms with Crippen molar-refractivity contribution in [1.82, 2.24) is 21.0 Å². The third-order valence-electron chi connectivity index (χ3n) is 9.29. The molecule has 0 unspecified atom stereocenters. The van der Waals surface area contributed by atoms with E-state index in [-0.39, 0.29) is 22.2 Å². The van der Waals surface area contributed by atoms with Crippen LogP contribution >= 0.6 is 0 Å². The molecule has 2 saturated heterocycles. The van der Waals surface area contributed by atoms with Crippen molar-refractivity contribution in [1.29, 1.82) is 0 Å². The van der Waals surface area contributed by atoms with Crippen LogP contribution in [-0.2, 0) is 9.68 Å². The van der Waals surface area contributed by atoms with Gasteiger partial charge in [0.15, 0.2) is 0 Å². The first-order valence-corrected chi connectivity index (χ1v) is 15.2. The minimum absolute atomic E-state index is 0.00567. The molecule has 2 N–H and O–H groups in total. The summed E-state index contributed by atoms with van der Waals surface area (Å²) in [6, 6.07) is 0.841. The molecule has 0 aromatic heterocycles. The predicted molar refractivity (Wildman–Crippen MR) is 148 cm³/mol. The summed E-state index contributed by atoms with van der Waals surface area (Å²) in [5.74, 6) is 0. The summed E-state index contributed by atoms with van der Waals surface area (Å²) < 4.78 is 0. The molecule has 2 aliphatic carbocycles. The van der Waals surface area contributed by atoms with Crippen LogP contribution in [-0.4, -0.2) is 56.6 Å². The van der Waals surface area contributed by atoms with Crippen molar-refractivity contribution in [3.05, 3.63) is 0 Å². The number of nitrogens with one attached hydrogen (secondary N) is 2. The maximum Gasteiger partial charge on any atom is 0.0793 e. The van der Waals surface area contributed by atoms with Gasteiger partial charge in [0.05, 0.1) is 12.2 Å². The van der Waals surface area contributed by atoms with Crippen LogP contribution in [0.5, 0.6) is 0 Å². The highest BCUT2D eigenvalue weighted by Crippen LogP contribution is 2.42. The van der Waals surface area contributed by atoms with Gasteiger partial charge in [-0.2, -0.15) is 10.1 Å². The number of rotatable bonds is 7. The second-order valence-electron chi connectivity index (χ2n) is 15.1. The zero-order chi connectivity index (χ0) is 26.2. The van der Waals surface area contributed by atoms with Gasteiger partial charge in [-0.05, 0) is 107 Å². The van der Waals surface area contributed by atoms with E-state index in [0.717, 1.165) is 25.7 Å². The highest BCUT2D eigenvalue weighted by molar-refractivity contribution is 5.02. The Kier molecular flexibility index (Phi) is 8.86. The van der Waals surface area contributed by atoms with E-state index in [1.807, 2.05) is 0 Å². The first kappa shape index (κ1) is 28.8. The van der Waals surface area contributed by atoms with Crippen LogP contribution in [0, 0.1) is 0 Å². The fourth-order valence-electron chi connectivity index (χ4n) is 8.18. The van der Waals surface area contributed by atoms with Crippen LogP contribution in [0.1, 0.15) is 145 Å². The molecule has 0 spiro atoms. The van der Waals surface area contributed by atoms with Crippen molar-refractivity contribution in [3.8, 4) is 0 Å². The maximum atomic E-state index is 6.70. The van der Waals surface area contributed by atoms with Crippen LogP contribution in [0.3, 0.4) is 0 Å². The van der Waals surface area contributed by atoms with Crippen molar-refractivity contribution in [2.45, 2.75) is 192 Å². The van der Waals surface area contributed by atoms with Crippen molar-refractivity contribution >= 4 is 0 Å². The molecule has 4 aliphatic rings. The molecule has 2 heterocycles.